The number of rotatable bonds is 3. The van der Waals surface area contributed by atoms with Gasteiger partial charge in [0.05, 0.1) is 22.8 Å². The number of hydrogen-bond acceptors (Lipinski definition) is 5. The Morgan fingerprint density at radius 3 is 2.60 bits per heavy atom. The Balaban J connectivity index is 2.30. The molecule has 0 atom stereocenters. The molecule has 0 radical (unpaired) electrons. The highest BCUT2D eigenvalue weighted by molar-refractivity contribution is 7.91. The number of hydrogen-bond donors (Lipinski definition) is 2. The molecule has 1 aromatic rings. The van der Waals surface area contributed by atoms with Crippen molar-refractivity contribution in [3.8, 4) is 0 Å². The zero-order chi connectivity index (χ0) is 14.8. The van der Waals surface area contributed by atoms with E-state index < -0.39 is 9.84 Å². The maximum absolute atomic E-state index is 12.0. The predicted octanol–water partition coefficient (Wildman–Crippen LogP) is 0.253. The van der Waals surface area contributed by atoms with Gasteiger partial charge in [0.15, 0.2) is 9.84 Å². The molecule has 0 unspecified atom stereocenters. The summed E-state index contributed by atoms with van der Waals surface area (Å²) in [5.74, 6) is 0.0451. The second-order valence-corrected chi connectivity index (χ2v) is 7.08. The van der Waals surface area contributed by atoms with E-state index in [0.717, 1.165) is 0 Å². The molecule has 20 heavy (non-hydrogen) atoms. The molecule has 0 aromatic heterocycles. The van der Waals surface area contributed by atoms with Crippen molar-refractivity contribution >= 4 is 27.1 Å². The molecular formula is C13H19N3O3S. The Labute approximate surface area is 118 Å². The van der Waals surface area contributed by atoms with Crippen LogP contribution in [0.2, 0.25) is 0 Å². The molecule has 6 nitrogen and oxygen atoms in total. The number of carbonyl (C=O) groups excluding carboxylic acids is 1. The Morgan fingerprint density at radius 2 is 2.00 bits per heavy atom. The first-order chi connectivity index (χ1) is 9.43. The standard InChI is InChI=1S/C13H19N3O3S/c1-2-15-13(17)11-4-3-10(14)9-12(11)16-5-7-20(18,19)8-6-16/h3-4,9H,2,5-8,14H2,1H3,(H,15,17). The molecule has 1 saturated heterocycles. The fourth-order valence-electron chi connectivity index (χ4n) is 2.21. The fourth-order valence-corrected chi connectivity index (χ4v) is 3.41. The van der Waals surface area contributed by atoms with Crippen LogP contribution in [0.5, 0.6) is 0 Å². The summed E-state index contributed by atoms with van der Waals surface area (Å²) in [5, 5.41) is 2.75. The van der Waals surface area contributed by atoms with Crippen LogP contribution in [0.1, 0.15) is 17.3 Å². The number of nitrogens with two attached hydrogens (primary N) is 1. The molecule has 0 bridgehead atoms. The van der Waals surface area contributed by atoms with E-state index in [0.29, 0.717) is 36.6 Å². The van der Waals surface area contributed by atoms with Gasteiger partial charge in [0, 0.05) is 25.3 Å². The molecule has 0 saturated carbocycles. The van der Waals surface area contributed by atoms with E-state index in [1.54, 1.807) is 18.2 Å². The molecule has 1 heterocycles. The average Bonchev–Trinajstić information content (AvgIpc) is 2.38. The van der Waals surface area contributed by atoms with Gasteiger partial charge < -0.3 is 16.0 Å². The molecule has 110 valence electrons. The molecular weight excluding hydrogens is 278 g/mol. The second-order valence-electron chi connectivity index (χ2n) is 4.77. The molecule has 3 N–H and O–H groups in total. The number of nitrogens with zero attached hydrogens (tertiary/aromatic N) is 1. The van der Waals surface area contributed by atoms with Crippen molar-refractivity contribution in [3.05, 3.63) is 23.8 Å². The number of nitrogens with one attached hydrogen (secondary N) is 1. The van der Waals surface area contributed by atoms with Crippen LogP contribution in [0.3, 0.4) is 0 Å². The summed E-state index contributed by atoms with van der Waals surface area (Å²) >= 11 is 0. The van der Waals surface area contributed by atoms with Crippen molar-refractivity contribution in [1.29, 1.82) is 0 Å². The molecule has 1 fully saturated rings. The SMILES string of the molecule is CCNC(=O)c1ccc(N)cc1N1CCS(=O)(=O)CC1. The van der Waals surface area contributed by atoms with E-state index in [1.807, 2.05) is 11.8 Å². The first-order valence-corrected chi connectivity index (χ1v) is 8.38. The van der Waals surface area contributed by atoms with E-state index in [1.165, 1.54) is 0 Å². The molecule has 1 aromatic carbocycles. The van der Waals surface area contributed by atoms with Crippen molar-refractivity contribution in [2.24, 2.45) is 0 Å². The number of benzene rings is 1. The van der Waals surface area contributed by atoms with Gasteiger partial charge in [-0.25, -0.2) is 8.42 Å². The summed E-state index contributed by atoms with van der Waals surface area (Å²) in [6, 6.07) is 5.08. The third-order valence-electron chi connectivity index (χ3n) is 3.29. The van der Waals surface area contributed by atoms with Crippen LogP contribution in [0.4, 0.5) is 11.4 Å². The monoisotopic (exact) mass is 297 g/mol. The largest absolute Gasteiger partial charge is 0.399 e. The van der Waals surface area contributed by atoms with Crippen LogP contribution in [0.15, 0.2) is 18.2 Å². The normalized spacial score (nSPS) is 17.8. The van der Waals surface area contributed by atoms with E-state index in [9.17, 15) is 13.2 Å². The Bertz CT molecular complexity index is 599. The van der Waals surface area contributed by atoms with E-state index >= 15 is 0 Å². The van der Waals surface area contributed by atoms with Crippen LogP contribution >= 0.6 is 0 Å². The highest BCUT2D eigenvalue weighted by Crippen LogP contribution is 2.25. The molecule has 1 aliphatic heterocycles. The lowest BCUT2D eigenvalue weighted by atomic mass is 10.1. The van der Waals surface area contributed by atoms with Crippen molar-refractivity contribution in [2.45, 2.75) is 6.92 Å². The zero-order valence-electron chi connectivity index (χ0n) is 11.4. The lowest BCUT2D eigenvalue weighted by Crippen LogP contribution is -2.41. The van der Waals surface area contributed by atoms with Gasteiger partial charge in [0.25, 0.3) is 5.91 Å². The van der Waals surface area contributed by atoms with Crippen LogP contribution in [-0.4, -0.2) is 45.5 Å². The quantitative estimate of drug-likeness (QED) is 0.780. The van der Waals surface area contributed by atoms with Gasteiger partial charge in [0.2, 0.25) is 0 Å². The predicted molar refractivity (Wildman–Crippen MR) is 79.7 cm³/mol. The summed E-state index contributed by atoms with van der Waals surface area (Å²) in [4.78, 5) is 14.0. The topological polar surface area (TPSA) is 92.5 Å². The first-order valence-electron chi connectivity index (χ1n) is 6.56. The molecule has 0 spiro atoms. The Hall–Kier alpha value is -1.76. The summed E-state index contributed by atoms with van der Waals surface area (Å²) in [6.45, 7) is 3.16. The number of carbonyl (C=O) groups is 1. The lowest BCUT2D eigenvalue weighted by Gasteiger charge is -2.30. The van der Waals surface area contributed by atoms with Crippen molar-refractivity contribution in [1.82, 2.24) is 5.32 Å². The highest BCUT2D eigenvalue weighted by atomic mass is 32.2. The van der Waals surface area contributed by atoms with Gasteiger partial charge in [-0.2, -0.15) is 0 Å². The van der Waals surface area contributed by atoms with Crippen molar-refractivity contribution in [2.75, 3.05) is 41.8 Å². The summed E-state index contributed by atoms with van der Waals surface area (Å²) < 4.78 is 23.0. The third-order valence-corrected chi connectivity index (χ3v) is 4.90. The van der Waals surface area contributed by atoms with Crippen molar-refractivity contribution < 1.29 is 13.2 Å². The molecule has 7 heteroatoms. The van der Waals surface area contributed by atoms with E-state index in [4.69, 9.17) is 5.73 Å². The fraction of sp³-hybridized carbons (Fsp3) is 0.462. The van der Waals surface area contributed by atoms with Gasteiger partial charge in [-0.1, -0.05) is 0 Å². The van der Waals surface area contributed by atoms with Crippen LogP contribution in [0, 0.1) is 0 Å². The number of nitrogen functional groups attached to an aromatic ring is 1. The Morgan fingerprint density at radius 1 is 1.35 bits per heavy atom. The third kappa shape index (κ3) is 3.22. The second kappa shape index (κ2) is 5.70. The van der Waals surface area contributed by atoms with Crippen LogP contribution < -0.4 is 16.0 Å². The maximum Gasteiger partial charge on any atom is 0.253 e. The minimum absolute atomic E-state index is 0.108. The van der Waals surface area contributed by atoms with E-state index in [-0.39, 0.29) is 17.4 Å². The van der Waals surface area contributed by atoms with Gasteiger partial charge >= 0.3 is 0 Å². The lowest BCUT2D eigenvalue weighted by molar-refractivity contribution is 0.0956. The van der Waals surface area contributed by atoms with Gasteiger partial charge in [-0.05, 0) is 25.1 Å². The number of sulfone groups is 1. The summed E-state index contributed by atoms with van der Waals surface area (Å²) in [6.07, 6.45) is 0. The minimum atomic E-state index is -2.95. The van der Waals surface area contributed by atoms with Gasteiger partial charge in [-0.3, -0.25) is 4.79 Å². The minimum Gasteiger partial charge on any atom is -0.399 e. The molecule has 0 aliphatic carbocycles. The smallest absolute Gasteiger partial charge is 0.253 e. The Kier molecular flexibility index (Phi) is 4.17. The van der Waals surface area contributed by atoms with Gasteiger partial charge in [0.1, 0.15) is 0 Å². The van der Waals surface area contributed by atoms with E-state index in [2.05, 4.69) is 5.32 Å². The highest BCUT2D eigenvalue weighted by Gasteiger charge is 2.24. The molecule has 2 rings (SSSR count). The summed E-state index contributed by atoms with van der Waals surface area (Å²) in [5.41, 5.74) is 7.57. The van der Waals surface area contributed by atoms with Crippen LogP contribution in [-0.2, 0) is 9.84 Å². The summed E-state index contributed by atoms with van der Waals surface area (Å²) in [7, 11) is -2.95. The number of anilines is 2. The maximum atomic E-state index is 12.0. The molecule has 1 amide bonds. The first kappa shape index (κ1) is 14.6. The average molecular weight is 297 g/mol. The van der Waals surface area contributed by atoms with Crippen molar-refractivity contribution in [3.63, 3.8) is 0 Å². The molecule has 1 aliphatic rings. The van der Waals surface area contributed by atoms with Crippen LogP contribution in [0.25, 0.3) is 0 Å². The van der Waals surface area contributed by atoms with Gasteiger partial charge in [-0.15, -0.1) is 0 Å². The zero-order valence-corrected chi connectivity index (χ0v) is 12.2. The number of amides is 1.